The Hall–Kier alpha value is -1.64. The summed E-state index contributed by atoms with van der Waals surface area (Å²) in [6, 6.07) is 4.43. The fourth-order valence-electron chi connectivity index (χ4n) is 4.21. The van der Waals surface area contributed by atoms with Crippen LogP contribution in [0.25, 0.3) is 0 Å². The van der Waals surface area contributed by atoms with Crippen molar-refractivity contribution in [3.63, 3.8) is 0 Å². The molecule has 0 aliphatic carbocycles. The number of methoxy groups -OCH3 is 1. The summed E-state index contributed by atoms with van der Waals surface area (Å²) in [5.74, 6) is 0.765. The number of likely N-dealkylation sites (tertiary alicyclic amines) is 1. The van der Waals surface area contributed by atoms with Gasteiger partial charge in [-0.3, -0.25) is 4.79 Å². The molecule has 0 amide bonds. The van der Waals surface area contributed by atoms with E-state index in [1.807, 2.05) is 0 Å². The third kappa shape index (κ3) is 5.29. The van der Waals surface area contributed by atoms with Gasteiger partial charge in [0.1, 0.15) is 0 Å². The molecular weight excluding hydrogens is 392 g/mol. The average molecular weight is 425 g/mol. The molecule has 1 aromatic carbocycles. The first-order valence-corrected chi connectivity index (χ1v) is 11.9. The maximum atomic E-state index is 13.3. The lowest BCUT2D eigenvalue weighted by Crippen LogP contribution is -2.40. The molecule has 0 bridgehead atoms. The zero-order chi connectivity index (χ0) is 21.0. The third-order valence-electron chi connectivity index (χ3n) is 5.97. The Morgan fingerprint density at radius 2 is 1.86 bits per heavy atom. The second kappa shape index (κ2) is 9.45. The van der Waals surface area contributed by atoms with E-state index < -0.39 is 16.0 Å². The van der Waals surface area contributed by atoms with Gasteiger partial charge in [0.05, 0.1) is 12.0 Å². The Labute approximate surface area is 174 Å². The van der Waals surface area contributed by atoms with Gasteiger partial charge in [-0.05, 0) is 69.8 Å². The molecule has 7 nitrogen and oxygen atoms in total. The van der Waals surface area contributed by atoms with Gasteiger partial charge in [-0.25, -0.2) is 8.42 Å². The summed E-state index contributed by atoms with van der Waals surface area (Å²) in [5.41, 5.74) is 0. The van der Waals surface area contributed by atoms with Crippen molar-refractivity contribution in [1.82, 2.24) is 9.21 Å². The number of sulfonamides is 1. The molecule has 2 saturated heterocycles. The van der Waals surface area contributed by atoms with Gasteiger partial charge < -0.3 is 14.4 Å². The second-order valence-electron chi connectivity index (χ2n) is 8.13. The molecule has 1 aromatic rings. The van der Waals surface area contributed by atoms with Gasteiger partial charge in [0.2, 0.25) is 10.0 Å². The lowest BCUT2D eigenvalue weighted by Gasteiger charge is -2.32. The maximum Gasteiger partial charge on any atom is 0.308 e. The molecule has 8 heteroatoms. The first-order valence-electron chi connectivity index (χ1n) is 10.4. The minimum atomic E-state index is -3.63. The monoisotopic (exact) mass is 424 g/mol. The number of piperidine rings is 1. The van der Waals surface area contributed by atoms with E-state index in [0.29, 0.717) is 6.54 Å². The van der Waals surface area contributed by atoms with Crippen LogP contribution in [0.1, 0.15) is 46.0 Å². The first kappa shape index (κ1) is 22.1. The van der Waals surface area contributed by atoms with Crippen molar-refractivity contribution in [3.05, 3.63) is 18.2 Å². The highest BCUT2D eigenvalue weighted by Crippen LogP contribution is 2.34. The zero-order valence-electron chi connectivity index (χ0n) is 17.6. The number of rotatable bonds is 7. The molecule has 3 rings (SSSR count). The summed E-state index contributed by atoms with van der Waals surface area (Å²) in [5, 5.41) is 0. The van der Waals surface area contributed by atoms with Crippen molar-refractivity contribution in [2.45, 2.75) is 56.9 Å². The van der Waals surface area contributed by atoms with E-state index in [2.05, 4.69) is 11.8 Å². The number of carbonyl (C=O) groups is 1. The number of hydrogen-bond donors (Lipinski definition) is 0. The Bertz CT molecular complexity index is 818. The lowest BCUT2D eigenvalue weighted by molar-refractivity contribution is -0.132. The Morgan fingerprint density at radius 3 is 2.52 bits per heavy atom. The van der Waals surface area contributed by atoms with E-state index in [0.717, 1.165) is 44.8 Å². The van der Waals surface area contributed by atoms with Crippen molar-refractivity contribution in [2.24, 2.45) is 5.92 Å². The molecule has 2 aliphatic heterocycles. The number of carbonyl (C=O) groups excluding carboxylic acids is 1. The molecule has 0 N–H and O–H groups in total. The predicted molar refractivity (Wildman–Crippen MR) is 111 cm³/mol. The molecule has 2 aliphatic rings. The van der Waals surface area contributed by atoms with E-state index in [1.165, 1.54) is 45.1 Å². The summed E-state index contributed by atoms with van der Waals surface area (Å²) < 4.78 is 38.5. The number of hydrogen-bond acceptors (Lipinski definition) is 6. The van der Waals surface area contributed by atoms with Gasteiger partial charge in [-0.1, -0.05) is 6.92 Å². The maximum absolute atomic E-state index is 13.3. The molecule has 0 radical (unpaired) electrons. The highest BCUT2D eigenvalue weighted by Gasteiger charge is 2.36. The standard InChI is InChI=1S/C21H32N2O5S/c1-16-8-12-22(13-9-16)14-10-18-5-4-11-23(18)29(25,26)19-6-7-20(28-17(2)24)21(15-19)27-3/h6-7,15-16,18H,4-5,8-14H2,1-3H3. The molecule has 1 atom stereocenters. The summed E-state index contributed by atoms with van der Waals surface area (Å²) in [7, 11) is -2.21. The smallest absolute Gasteiger partial charge is 0.308 e. The van der Waals surface area contributed by atoms with E-state index in [-0.39, 0.29) is 22.4 Å². The molecular formula is C21H32N2O5S. The fraction of sp³-hybridized carbons (Fsp3) is 0.667. The van der Waals surface area contributed by atoms with Gasteiger partial charge in [-0.2, -0.15) is 4.31 Å². The van der Waals surface area contributed by atoms with Gasteiger partial charge in [0.15, 0.2) is 11.5 Å². The van der Waals surface area contributed by atoms with Crippen LogP contribution in [0.5, 0.6) is 11.5 Å². The molecule has 0 aromatic heterocycles. The van der Waals surface area contributed by atoms with E-state index in [1.54, 1.807) is 4.31 Å². The number of esters is 1. The second-order valence-corrected chi connectivity index (χ2v) is 10.0. The Kier molecular flexibility index (Phi) is 7.19. The van der Waals surface area contributed by atoms with Crippen LogP contribution in [0.4, 0.5) is 0 Å². The molecule has 2 heterocycles. The van der Waals surface area contributed by atoms with Gasteiger partial charge >= 0.3 is 5.97 Å². The van der Waals surface area contributed by atoms with Crippen molar-refractivity contribution in [1.29, 1.82) is 0 Å². The summed E-state index contributed by atoms with van der Waals surface area (Å²) in [6.07, 6.45) is 5.08. The molecule has 29 heavy (non-hydrogen) atoms. The number of nitrogens with zero attached hydrogens (tertiary/aromatic N) is 2. The zero-order valence-corrected chi connectivity index (χ0v) is 18.4. The van der Waals surface area contributed by atoms with Gasteiger partial charge in [-0.15, -0.1) is 0 Å². The Morgan fingerprint density at radius 1 is 1.14 bits per heavy atom. The quantitative estimate of drug-likeness (QED) is 0.495. The Balaban J connectivity index is 1.71. The van der Waals surface area contributed by atoms with Crippen molar-refractivity contribution < 1.29 is 22.7 Å². The first-order chi connectivity index (χ1) is 13.8. The molecule has 2 fully saturated rings. The molecule has 162 valence electrons. The van der Waals surface area contributed by atoms with Gasteiger partial charge in [0, 0.05) is 25.6 Å². The highest BCUT2D eigenvalue weighted by molar-refractivity contribution is 7.89. The van der Waals surface area contributed by atoms with Gasteiger partial charge in [0.25, 0.3) is 0 Å². The fourth-order valence-corrected chi connectivity index (χ4v) is 5.95. The highest BCUT2D eigenvalue weighted by atomic mass is 32.2. The summed E-state index contributed by atoms with van der Waals surface area (Å²) in [4.78, 5) is 13.9. The lowest BCUT2D eigenvalue weighted by atomic mass is 9.99. The topological polar surface area (TPSA) is 76.2 Å². The van der Waals surface area contributed by atoms with Crippen molar-refractivity contribution >= 4 is 16.0 Å². The van der Waals surface area contributed by atoms with E-state index in [4.69, 9.17) is 9.47 Å². The molecule has 0 saturated carbocycles. The minimum Gasteiger partial charge on any atom is -0.493 e. The minimum absolute atomic E-state index is 0.0264. The van der Waals surface area contributed by atoms with Crippen LogP contribution in [0.15, 0.2) is 23.1 Å². The van der Waals surface area contributed by atoms with Crippen LogP contribution < -0.4 is 9.47 Å². The molecule has 1 unspecified atom stereocenters. The average Bonchev–Trinajstić information content (AvgIpc) is 3.17. The van der Waals surface area contributed by atoms with Crippen LogP contribution in [0.3, 0.4) is 0 Å². The summed E-state index contributed by atoms with van der Waals surface area (Å²) in [6.45, 7) is 7.28. The third-order valence-corrected chi connectivity index (χ3v) is 7.92. The normalized spacial score (nSPS) is 22.0. The SMILES string of the molecule is COc1cc(S(=O)(=O)N2CCCC2CCN2CCC(C)CC2)ccc1OC(C)=O. The van der Waals surface area contributed by atoms with Crippen LogP contribution in [-0.4, -0.2) is 62.9 Å². The van der Waals surface area contributed by atoms with E-state index in [9.17, 15) is 13.2 Å². The van der Waals surface area contributed by atoms with Crippen molar-refractivity contribution in [2.75, 3.05) is 33.3 Å². The largest absolute Gasteiger partial charge is 0.493 e. The van der Waals surface area contributed by atoms with E-state index >= 15 is 0 Å². The van der Waals surface area contributed by atoms with Crippen molar-refractivity contribution in [3.8, 4) is 11.5 Å². The van der Waals surface area contributed by atoms with Crippen LogP contribution >= 0.6 is 0 Å². The van der Waals surface area contributed by atoms with Crippen LogP contribution in [0.2, 0.25) is 0 Å². The van der Waals surface area contributed by atoms with Crippen LogP contribution in [-0.2, 0) is 14.8 Å². The summed E-state index contributed by atoms with van der Waals surface area (Å²) >= 11 is 0. The van der Waals surface area contributed by atoms with Crippen LogP contribution in [0, 0.1) is 5.92 Å². The number of ether oxygens (including phenoxy) is 2. The predicted octanol–water partition coefficient (Wildman–Crippen LogP) is 2.90. The number of benzene rings is 1. The molecule has 0 spiro atoms.